The van der Waals surface area contributed by atoms with E-state index >= 15 is 0 Å². The van der Waals surface area contributed by atoms with Crippen molar-refractivity contribution in [2.24, 2.45) is 0 Å². The second kappa shape index (κ2) is 7.10. The van der Waals surface area contributed by atoms with Crippen molar-refractivity contribution < 1.29 is 9.47 Å². The summed E-state index contributed by atoms with van der Waals surface area (Å²) in [6, 6.07) is 0. The van der Waals surface area contributed by atoms with E-state index in [4.69, 9.17) is 9.47 Å². The minimum absolute atomic E-state index is 0.170. The van der Waals surface area contributed by atoms with E-state index in [1.54, 1.807) is 14.2 Å². The minimum atomic E-state index is -0.170. The van der Waals surface area contributed by atoms with Crippen LogP contribution in [0.3, 0.4) is 0 Å². The SMILES string of the molecule is CCCC/C(C)=C(\C)C(OC)OC. The van der Waals surface area contributed by atoms with Gasteiger partial charge in [0.2, 0.25) is 0 Å². The monoisotopic (exact) mass is 186 g/mol. The van der Waals surface area contributed by atoms with Gasteiger partial charge in [-0.05, 0) is 32.3 Å². The van der Waals surface area contributed by atoms with Crippen LogP contribution in [0.1, 0.15) is 40.0 Å². The van der Waals surface area contributed by atoms with Crippen molar-refractivity contribution in [3.63, 3.8) is 0 Å². The molecule has 0 aliphatic heterocycles. The number of hydrogen-bond donors (Lipinski definition) is 0. The van der Waals surface area contributed by atoms with E-state index in [1.165, 1.54) is 24.0 Å². The molecule has 2 heteroatoms. The van der Waals surface area contributed by atoms with Gasteiger partial charge in [0.25, 0.3) is 0 Å². The van der Waals surface area contributed by atoms with E-state index in [1.807, 2.05) is 0 Å². The molecule has 0 aliphatic carbocycles. The summed E-state index contributed by atoms with van der Waals surface area (Å²) in [6.45, 7) is 6.42. The van der Waals surface area contributed by atoms with Gasteiger partial charge in [-0.2, -0.15) is 0 Å². The van der Waals surface area contributed by atoms with Gasteiger partial charge in [-0.15, -0.1) is 0 Å². The van der Waals surface area contributed by atoms with Gasteiger partial charge in [-0.1, -0.05) is 18.9 Å². The molecule has 0 saturated heterocycles. The first-order valence-electron chi connectivity index (χ1n) is 4.89. The molecule has 0 fully saturated rings. The first kappa shape index (κ1) is 12.7. The van der Waals surface area contributed by atoms with Crippen LogP contribution in [-0.2, 0) is 9.47 Å². The maximum absolute atomic E-state index is 5.18. The smallest absolute Gasteiger partial charge is 0.179 e. The van der Waals surface area contributed by atoms with Crippen LogP contribution in [0.5, 0.6) is 0 Å². The molecule has 0 atom stereocenters. The topological polar surface area (TPSA) is 18.5 Å². The molecule has 0 N–H and O–H groups in total. The lowest BCUT2D eigenvalue weighted by Crippen LogP contribution is -2.15. The molecular weight excluding hydrogens is 164 g/mol. The van der Waals surface area contributed by atoms with Crippen LogP contribution in [0.2, 0.25) is 0 Å². The molecule has 0 spiro atoms. The van der Waals surface area contributed by atoms with Gasteiger partial charge in [0.1, 0.15) is 0 Å². The number of hydrogen-bond acceptors (Lipinski definition) is 2. The third-order valence-electron chi connectivity index (χ3n) is 2.36. The van der Waals surface area contributed by atoms with E-state index in [2.05, 4.69) is 20.8 Å². The van der Waals surface area contributed by atoms with Crippen LogP contribution in [-0.4, -0.2) is 20.5 Å². The Balaban J connectivity index is 4.21. The van der Waals surface area contributed by atoms with Crippen LogP contribution < -0.4 is 0 Å². The maximum atomic E-state index is 5.18. The number of rotatable bonds is 6. The predicted molar refractivity (Wildman–Crippen MR) is 55.7 cm³/mol. The largest absolute Gasteiger partial charge is 0.352 e. The molecule has 0 aromatic heterocycles. The second-order valence-electron chi connectivity index (χ2n) is 3.37. The molecular formula is C11H22O2. The number of ether oxygens (including phenoxy) is 2. The van der Waals surface area contributed by atoms with Gasteiger partial charge in [0, 0.05) is 14.2 Å². The van der Waals surface area contributed by atoms with Gasteiger partial charge < -0.3 is 9.47 Å². The van der Waals surface area contributed by atoms with E-state index < -0.39 is 0 Å². The Morgan fingerprint density at radius 3 is 2.08 bits per heavy atom. The summed E-state index contributed by atoms with van der Waals surface area (Å²) in [5, 5.41) is 0. The van der Waals surface area contributed by atoms with Crippen molar-refractivity contribution in [2.45, 2.75) is 46.3 Å². The van der Waals surface area contributed by atoms with Crippen molar-refractivity contribution in [2.75, 3.05) is 14.2 Å². The lowest BCUT2D eigenvalue weighted by molar-refractivity contribution is -0.0754. The van der Waals surface area contributed by atoms with Gasteiger partial charge in [0.15, 0.2) is 6.29 Å². The predicted octanol–water partition coefficient (Wildman–Crippen LogP) is 3.13. The molecule has 0 heterocycles. The van der Waals surface area contributed by atoms with Crippen molar-refractivity contribution in [3.05, 3.63) is 11.1 Å². The lowest BCUT2D eigenvalue weighted by Gasteiger charge is -2.16. The van der Waals surface area contributed by atoms with Gasteiger partial charge in [-0.25, -0.2) is 0 Å². The van der Waals surface area contributed by atoms with Crippen LogP contribution in [0.15, 0.2) is 11.1 Å². The fourth-order valence-corrected chi connectivity index (χ4v) is 1.29. The average Bonchev–Trinajstić information content (AvgIpc) is 2.15. The Morgan fingerprint density at radius 2 is 1.69 bits per heavy atom. The van der Waals surface area contributed by atoms with Crippen LogP contribution in [0.4, 0.5) is 0 Å². The molecule has 0 bridgehead atoms. The van der Waals surface area contributed by atoms with Gasteiger partial charge >= 0.3 is 0 Å². The lowest BCUT2D eigenvalue weighted by atomic mass is 10.0. The van der Waals surface area contributed by atoms with E-state index in [0.717, 1.165) is 6.42 Å². The molecule has 13 heavy (non-hydrogen) atoms. The fraction of sp³-hybridized carbons (Fsp3) is 0.818. The van der Waals surface area contributed by atoms with E-state index in [9.17, 15) is 0 Å². The zero-order valence-corrected chi connectivity index (χ0v) is 9.52. The van der Waals surface area contributed by atoms with Crippen LogP contribution in [0, 0.1) is 0 Å². The number of unbranched alkanes of at least 4 members (excludes halogenated alkanes) is 1. The highest BCUT2D eigenvalue weighted by molar-refractivity contribution is 5.12. The first-order chi connectivity index (χ1) is 6.17. The first-order valence-corrected chi connectivity index (χ1v) is 4.89. The zero-order valence-electron chi connectivity index (χ0n) is 9.52. The van der Waals surface area contributed by atoms with E-state index in [0.29, 0.717) is 0 Å². The molecule has 0 amide bonds. The molecule has 0 radical (unpaired) electrons. The minimum Gasteiger partial charge on any atom is -0.352 e. The normalized spacial score (nSPS) is 13.4. The molecule has 78 valence electrons. The molecule has 0 rings (SSSR count). The fourth-order valence-electron chi connectivity index (χ4n) is 1.29. The van der Waals surface area contributed by atoms with Gasteiger partial charge in [0.05, 0.1) is 0 Å². The summed E-state index contributed by atoms with van der Waals surface area (Å²) >= 11 is 0. The summed E-state index contributed by atoms with van der Waals surface area (Å²) in [7, 11) is 3.34. The Labute approximate surface area is 81.9 Å². The third kappa shape index (κ3) is 4.44. The summed E-state index contributed by atoms with van der Waals surface area (Å²) in [6.07, 6.45) is 3.45. The third-order valence-corrected chi connectivity index (χ3v) is 2.36. The summed E-state index contributed by atoms with van der Waals surface area (Å²) in [5.74, 6) is 0. The van der Waals surface area contributed by atoms with E-state index in [-0.39, 0.29) is 6.29 Å². The summed E-state index contributed by atoms with van der Waals surface area (Å²) in [5.41, 5.74) is 2.59. The Kier molecular flexibility index (Phi) is 6.92. The maximum Gasteiger partial charge on any atom is 0.179 e. The second-order valence-corrected chi connectivity index (χ2v) is 3.37. The molecule has 0 aromatic rings. The van der Waals surface area contributed by atoms with Crippen molar-refractivity contribution in [3.8, 4) is 0 Å². The molecule has 0 unspecified atom stereocenters. The highest BCUT2D eigenvalue weighted by Crippen LogP contribution is 2.16. The van der Waals surface area contributed by atoms with Crippen LogP contribution >= 0.6 is 0 Å². The summed E-state index contributed by atoms with van der Waals surface area (Å²) in [4.78, 5) is 0. The van der Waals surface area contributed by atoms with Crippen molar-refractivity contribution in [1.29, 1.82) is 0 Å². The standard InChI is InChI=1S/C11H22O2/c1-6-7-8-9(2)10(3)11(12-4)13-5/h11H,6-8H2,1-5H3/b10-9+. The van der Waals surface area contributed by atoms with Gasteiger partial charge in [-0.3, -0.25) is 0 Å². The number of methoxy groups -OCH3 is 2. The van der Waals surface area contributed by atoms with Crippen molar-refractivity contribution >= 4 is 0 Å². The highest BCUT2D eigenvalue weighted by atomic mass is 16.7. The highest BCUT2D eigenvalue weighted by Gasteiger charge is 2.09. The number of allylic oxidation sites excluding steroid dienone is 1. The molecule has 0 saturated carbocycles. The zero-order chi connectivity index (χ0) is 10.3. The quantitative estimate of drug-likeness (QED) is 0.468. The molecule has 0 aromatic carbocycles. The average molecular weight is 186 g/mol. The van der Waals surface area contributed by atoms with Crippen LogP contribution in [0.25, 0.3) is 0 Å². The Hall–Kier alpha value is -0.340. The summed E-state index contributed by atoms with van der Waals surface area (Å²) < 4.78 is 10.4. The Morgan fingerprint density at radius 1 is 1.15 bits per heavy atom. The Bertz CT molecular complexity index is 157. The molecule has 2 nitrogen and oxygen atoms in total. The molecule has 0 aliphatic rings. The van der Waals surface area contributed by atoms with Crippen molar-refractivity contribution in [1.82, 2.24) is 0 Å².